The topological polar surface area (TPSA) is 27.7 Å². The van der Waals surface area contributed by atoms with Crippen LogP contribution in [0.2, 0.25) is 0 Å². The molecule has 1 rings (SSSR count). The van der Waals surface area contributed by atoms with Crippen LogP contribution in [0.5, 0.6) is 0 Å². The highest BCUT2D eigenvalue weighted by Crippen LogP contribution is 2.21. The lowest BCUT2D eigenvalue weighted by molar-refractivity contribution is 0.193. The molecule has 0 aromatic carbocycles. The third kappa shape index (κ3) is 1.71. The summed E-state index contributed by atoms with van der Waals surface area (Å²) in [5.74, 6) is 1.15. The number of allylic oxidation sites excluding steroid dienone is 2. The van der Waals surface area contributed by atoms with Crippen LogP contribution >= 0.6 is 0 Å². The Kier molecular flexibility index (Phi) is 2.99. The van der Waals surface area contributed by atoms with Gasteiger partial charge in [0.1, 0.15) is 11.5 Å². The van der Waals surface area contributed by atoms with E-state index < -0.39 is 7.32 Å². The average molecular weight is 166 g/mol. The largest absolute Gasteiger partial charge is 0.788 e. The van der Waals surface area contributed by atoms with Gasteiger partial charge in [0, 0.05) is 6.61 Å². The van der Waals surface area contributed by atoms with Crippen LogP contribution in [0.15, 0.2) is 36.8 Å². The molecule has 1 heterocycles. The monoisotopic (exact) mass is 166 g/mol. The average Bonchev–Trinajstić information content (AvgIpc) is 2.48. The second-order valence-corrected chi connectivity index (χ2v) is 2.12. The van der Waals surface area contributed by atoms with Crippen LogP contribution in [-0.4, -0.2) is 13.9 Å². The molecule has 0 unspecified atom stereocenters. The van der Waals surface area contributed by atoms with Crippen LogP contribution in [0.4, 0.5) is 0 Å². The zero-order chi connectivity index (χ0) is 8.97. The molecule has 1 aliphatic rings. The van der Waals surface area contributed by atoms with E-state index in [9.17, 15) is 0 Å². The predicted octanol–water partition coefficient (Wildman–Crippen LogP) is 1.64. The first-order valence-corrected chi connectivity index (χ1v) is 3.75. The van der Waals surface area contributed by atoms with Crippen molar-refractivity contribution in [3.8, 4) is 0 Å². The summed E-state index contributed by atoms with van der Waals surface area (Å²) in [5, 5.41) is 0. The van der Waals surface area contributed by atoms with E-state index in [0.717, 1.165) is 0 Å². The number of hydrogen-bond donors (Lipinski definition) is 0. The van der Waals surface area contributed by atoms with Gasteiger partial charge in [-0.2, -0.15) is 0 Å². The normalized spacial score (nSPS) is 15.6. The van der Waals surface area contributed by atoms with Gasteiger partial charge in [0.05, 0.1) is 0 Å². The van der Waals surface area contributed by atoms with Crippen molar-refractivity contribution in [2.45, 2.75) is 6.92 Å². The Morgan fingerprint density at radius 2 is 1.83 bits per heavy atom. The van der Waals surface area contributed by atoms with Gasteiger partial charge in [-0.15, -0.1) is 0 Å². The summed E-state index contributed by atoms with van der Waals surface area (Å²) >= 11 is 0. The highest BCUT2D eigenvalue weighted by atomic mass is 16.8. The number of hydrogen-bond acceptors (Lipinski definition) is 3. The van der Waals surface area contributed by atoms with E-state index in [-0.39, 0.29) is 0 Å². The lowest BCUT2D eigenvalue weighted by Crippen LogP contribution is -2.20. The second kappa shape index (κ2) is 4.02. The minimum absolute atomic E-state index is 0.541. The molecule has 0 N–H and O–H groups in total. The van der Waals surface area contributed by atoms with E-state index >= 15 is 0 Å². The predicted molar refractivity (Wildman–Crippen MR) is 47.0 cm³/mol. The maximum atomic E-state index is 5.20. The Morgan fingerprint density at radius 3 is 2.17 bits per heavy atom. The van der Waals surface area contributed by atoms with Gasteiger partial charge in [-0.25, -0.2) is 0 Å². The van der Waals surface area contributed by atoms with Crippen LogP contribution in [0, 0.1) is 0 Å². The molecule has 0 aliphatic carbocycles. The van der Waals surface area contributed by atoms with Crippen molar-refractivity contribution < 1.29 is 14.0 Å². The van der Waals surface area contributed by atoms with Crippen molar-refractivity contribution in [1.29, 1.82) is 0 Å². The lowest BCUT2D eigenvalue weighted by Gasteiger charge is -2.02. The van der Waals surface area contributed by atoms with E-state index in [2.05, 4.69) is 13.2 Å². The molecule has 4 heteroatoms. The molecule has 0 radical (unpaired) electrons. The summed E-state index contributed by atoms with van der Waals surface area (Å²) in [7, 11) is -0.643. The molecular formula is C8H11BO3. The molecule has 12 heavy (non-hydrogen) atoms. The fraction of sp³-hybridized carbons (Fsp3) is 0.250. The van der Waals surface area contributed by atoms with E-state index in [1.165, 1.54) is 0 Å². The molecule has 0 amide bonds. The molecule has 0 fully saturated rings. The zero-order valence-electron chi connectivity index (χ0n) is 7.08. The first kappa shape index (κ1) is 8.94. The third-order valence-corrected chi connectivity index (χ3v) is 1.36. The van der Waals surface area contributed by atoms with E-state index in [1.54, 1.807) is 12.2 Å². The zero-order valence-corrected chi connectivity index (χ0v) is 7.08. The van der Waals surface area contributed by atoms with E-state index in [1.807, 2.05) is 6.92 Å². The van der Waals surface area contributed by atoms with Crippen LogP contribution < -0.4 is 0 Å². The van der Waals surface area contributed by atoms with Crippen molar-refractivity contribution in [2.24, 2.45) is 0 Å². The fourth-order valence-electron chi connectivity index (χ4n) is 0.849. The van der Waals surface area contributed by atoms with Crippen LogP contribution in [0.3, 0.4) is 0 Å². The standard InChI is InChI=1S/C8H11BO3/c1-4-7-8(5-2)12-9(11-7)10-6-3/h4-5H,1-2,6H2,3H3. The van der Waals surface area contributed by atoms with E-state index in [4.69, 9.17) is 14.0 Å². The lowest BCUT2D eigenvalue weighted by atomic mass is 10.2. The van der Waals surface area contributed by atoms with Gasteiger partial charge in [-0.1, -0.05) is 13.2 Å². The fourth-order valence-corrected chi connectivity index (χ4v) is 0.849. The molecule has 0 saturated heterocycles. The van der Waals surface area contributed by atoms with Gasteiger partial charge in [0.15, 0.2) is 0 Å². The summed E-state index contributed by atoms with van der Waals surface area (Å²) < 4.78 is 15.5. The van der Waals surface area contributed by atoms with Gasteiger partial charge in [-0.05, 0) is 19.1 Å². The molecule has 3 nitrogen and oxygen atoms in total. The molecule has 0 bridgehead atoms. The van der Waals surface area contributed by atoms with Gasteiger partial charge >= 0.3 is 7.32 Å². The van der Waals surface area contributed by atoms with E-state index in [0.29, 0.717) is 18.1 Å². The van der Waals surface area contributed by atoms with Crippen molar-refractivity contribution in [1.82, 2.24) is 0 Å². The highest BCUT2D eigenvalue weighted by molar-refractivity contribution is 6.38. The molecular weight excluding hydrogens is 155 g/mol. The minimum atomic E-state index is -0.643. The highest BCUT2D eigenvalue weighted by Gasteiger charge is 2.34. The maximum Gasteiger partial charge on any atom is 0.788 e. The number of rotatable bonds is 4. The van der Waals surface area contributed by atoms with Crippen molar-refractivity contribution in [2.75, 3.05) is 6.61 Å². The van der Waals surface area contributed by atoms with Crippen LogP contribution in [0.1, 0.15) is 6.92 Å². The summed E-state index contributed by atoms with van der Waals surface area (Å²) in [5.41, 5.74) is 0. The molecule has 0 aromatic rings. The van der Waals surface area contributed by atoms with Crippen molar-refractivity contribution >= 4 is 7.32 Å². The van der Waals surface area contributed by atoms with Gasteiger partial charge in [0.2, 0.25) is 0 Å². The Hall–Kier alpha value is -1.16. The molecule has 1 aliphatic heterocycles. The first-order valence-electron chi connectivity index (χ1n) is 3.75. The first-order chi connectivity index (χ1) is 5.81. The quantitative estimate of drug-likeness (QED) is 0.594. The smallest absolute Gasteiger partial charge is 0.498 e. The van der Waals surface area contributed by atoms with Gasteiger partial charge < -0.3 is 14.0 Å². The second-order valence-electron chi connectivity index (χ2n) is 2.12. The Morgan fingerprint density at radius 1 is 1.33 bits per heavy atom. The summed E-state index contributed by atoms with van der Waals surface area (Å²) in [6.45, 7) is 9.55. The molecule has 64 valence electrons. The summed E-state index contributed by atoms with van der Waals surface area (Å²) in [6, 6.07) is 0. The molecule has 0 saturated carbocycles. The molecule has 0 atom stereocenters. The summed E-state index contributed by atoms with van der Waals surface area (Å²) in [6.07, 6.45) is 3.13. The van der Waals surface area contributed by atoms with Crippen molar-refractivity contribution in [3.63, 3.8) is 0 Å². The third-order valence-electron chi connectivity index (χ3n) is 1.36. The van der Waals surface area contributed by atoms with Crippen LogP contribution in [0.25, 0.3) is 0 Å². The SMILES string of the molecule is C=CC1=C(C=C)OB(OCC)O1. The maximum absolute atomic E-state index is 5.20. The summed E-state index contributed by atoms with van der Waals surface area (Å²) in [4.78, 5) is 0. The molecule has 0 aromatic heterocycles. The van der Waals surface area contributed by atoms with Crippen LogP contribution in [-0.2, 0) is 14.0 Å². The van der Waals surface area contributed by atoms with Gasteiger partial charge in [-0.3, -0.25) is 0 Å². The van der Waals surface area contributed by atoms with Gasteiger partial charge in [0.25, 0.3) is 0 Å². The molecule has 0 spiro atoms. The minimum Gasteiger partial charge on any atom is -0.498 e. The Balaban J connectivity index is 2.59. The Labute approximate surface area is 72.5 Å². The van der Waals surface area contributed by atoms with Crippen molar-refractivity contribution in [3.05, 3.63) is 36.8 Å². The Bertz CT molecular complexity index is 202.